The summed E-state index contributed by atoms with van der Waals surface area (Å²) >= 11 is 0. The van der Waals surface area contributed by atoms with E-state index in [1.54, 1.807) is 0 Å². The largest absolute Gasteiger partial charge is 0.153 e. The Morgan fingerprint density at radius 3 is 0.400 bits per heavy atom. The van der Waals surface area contributed by atoms with Crippen LogP contribution in [0.15, 0.2) is 0 Å². The van der Waals surface area contributed by atoms with Gasteiger partial charge in [-0.25, -0.2) is 0 Å². The van der Waals surface area contributed by atoms with Crippen molar-refractivity contribution in [3.63, 3.8) is 0 Å². The van der Waals surface area contributed by atoms with Crippen LogP contribution in [-0.4, -0.2) is 29.6 Å². The second-order valence-electron chi connectivity index (χ2n) is 0. The zero-order chi connectivity index (χ0) is 0. The molecule has 1 radical (unpaired) electrons. The molecule has 0 aliphatic rings. The molecule has 0 rings (SSSR count). The van der Waals surface area contributed by atoms with Gasteiger partial charge in [0.25, 0.3) is 0 Å². The topological polar surface area (TPSA) is 0 Å². The molecule has 0 N–H and O–H groups in total. The number of hydrogen-bond acceptors (Lipinski definition) is 0. The van der Waals surface area contributed by atoms with E-state index in [4.69, 9.17) is 0 Å². The van der Waals surface area contributed by atoms with Crippen molar-refractivity contribution in [1.29, 1.82) is 0 Å². The summed E-state index contributed by atoms with van der Waals surface area (Å²) in [5.74, 6) is 0. The minimum absolute atomic E-state index is 0. The van der Waals surface area contributed by atoms with E-state index in [-0.39, 0.29) is 69.2 Å². The van der Waals surface area contributed by atoms with Gasteiger partial charge in [0.2, 0.25) is 0 Å². The summed E-state index contributed by atoms with van der Waals surface area (Å²) in [7, 11) is 0. The van der Waals surface area contributed by atoms with Gasteiger partial charge in [-0.3, -0.25) is 0 Å². The van der Waals surface area contributed by atoms with Gasteiger partial charge in [-0.2, -0.15) is 39.6 Å². The van der Waals surface area contributed by atoms with E-state index in [0.29, 0.717) is 0 Å². The quantitative estimate of drug-likeness (QED) is 0.340. The first-order valence-corrected chi connectivity index (χ1v) is 0. The summed E-state index contributed by atoms with van der Waals surface area (Å²) in [5, 5.41) is 0. The normalized spacial score (nSPS) is 0. The molecule has 0 aromatic heterocycles. The summed E-state index contributed by atoms with van der Waals surface area (Å²) in [6.45, 7) is 0. The molecule has 0 heterocycles. The average molecular weight is 159 g/mol. The van der Waals surface area contributed by atoms with Crippen LogP contribution in [0.3, 0.4) is 0 Å². The summed E-state index contributed by atoms with van der Waals surface area (Å²) in [6.07, 6.45) is 0. The average Bonchev–Trinajstić information content (AvgIpc) is 0. The molecule has 0 aliphatic carbocycles. The molecular formula is H12NaP4. The molecule has 0 saturated carbocycles. The molecule has 5 heteroatoms. The minimum Gasteiger partial charge on any atom is -0.153 e. The Hall–Kier alpha value is 2.72. The third-order valence-electron chi connectivity index (χ3n) is 0. The molecule has 0 amide bonds. The predicted octanol–water partition coefficient (Wildman–Crippen LogP) is -0.148. The zero-order valence-electron chi connectivity index (χ0n) is 3.83. The standard InChI is InChI=1S/Na.4H3P/h;4*1H3. The van der Waals surface area contributed by atoms with Crippen molar-refractivity contribution in [1.82, 2.24) is 0 Å². The molecule has 0 spiro atoms. The number of hydrogen-bond donors (Lipinski definition) is 0. The van der Waals surface area contributed by atoms with E-state index in [0.717, 1.165) is 0 Å². The van der Waals surface area contributed by atoms with Gasteiger partial charge < -0.3 is 0 Å². The van der Waals surface area contributed by atoms with Crippen molar-refractivity contribution in [2.24, 2.45) is 0 Å². The fourth-order valence-corrected chi connectivity index (χ4v) is 0. The minimum atomic E-state index is 0. The van der Waals surface area contributed by atoms with Crippen LogP contribution in [-0.2, 0) is 0 Å². The van der Waals surface area contributed by atoms with E-state index >= 15 is 0 Å². The molecule has 4 unspecified atom stereocenters. The maximum absolute atomic E-state index is 0. The Kier molecular flexibility index (Phi) is 280. The summed E-state index contributed by atoms with van der Waals surface area (Å²) in [5.41, 5.74) is 0. The first kappa shape index (κ1) is 47.1. The van der Waals surface area contributed by atoms with Crippen molar-refractivity contribution in [3.8, 4) is 0 Å². The van der Waals surface area contributed by atoms with Crippen LogP contribution in [0.5, 0.6) is 0 Å². The molecule has 0 saturated heterocycles. The Balaban J connectivity index is 0. The van der Waals surface area contributed by atoms with Crippen molar-refractivity contribution in [3.05, 3.63) is 0 Å². The van der Waals surface area contributed by atoms with Crippen LogP contribution in [0.25, 0.3) is 0 Å². The first-order chi connectivity index (χ1) is 0. The van der Waals surface area contributed by atoms with Crippen LogP contribution in [0.1, 0.15) is 0 Å². The molecule has 0 fully saturated rings. The predicted molar refractivity (Wildman–Crippen MR) is 50.2 cm³/mol. The second kappa shape index (κ2) is 29.7. The molecule has 0 aromatic rings. The van der Waals surface area contributed by atoms with Gasteiger partial charge in [-0.05, 0) is 0 Å². The maximum atomic E-state index is 0. The summed E-state index contributed by atoms with van der Waals surface area (Å²) in [4.78, 5) is 0. The Morgan fingerprint density at radius 2 is 0.400 bits per heavy atom. The smallest absolute Gasteiger partial charge is 0 e. The van der Waals surface area contributed by atoms with Gasteiger partial charge in [0.1, 0.15) is 0 Å². The zero-order valence-corrected chi connectivity index (χ0v) is 11.5. The Morgan fingerprint density at radius 1 is 0.400 bits per heavy atom. The Bertz CT molecular complexity index is 3.61. The molecule has 0 nitrogen and oxygen atoms in total. The molecule has 5 heavy (non-hydrogen) atoms. The van der Waals surface area contributed by atoms with Crippen LogP contribution in [0.4, 0.5) is 0 Å². The molecule has 4 atom stereocenters. The fraction of sp³-hybridized carbons (Fsp3) is 0. The summed E-state index contributed by atoms with van der Waals surface area (Å²) < 4.78 is 0. The molecule has 0 bridgehead atoms. The van der Waals surface area contributed by atoms with Crippen LogP contribution < -0.4 is 0 Å². The van der Waals surface area contributed by atoms with Crippen LogP contribution in [0, 0.1) is 0 Å². The van der Waals surface area contributed by atoms with E-state index in [1.807, 2.05) is 0 Å². The van der Waals surface area contributed by atoms with E-state index in [9.17, 15) is 0 Å². The molecular weight excluding hydrogens is 147 g/mol. The third kappa shape index (κ3) is 20.2. The third-order valence-corrected chi connectivity index (χ3v) is 0. The van der Waals surface area contributed by atoms with E-state index in [1.165, 1.54) is 0 Å². The van der Waals surface area contributed by atoms with Gasteiger partial charge in [-0.1, -0.05) is 0 Å². The fourth-order valence-electron chi connectivity index (χ4n) is 0. The van der Waals surface area contributed by atoms with E-state index < -0.39 is 0 Å². The van der Waals surface area contributed by atoms with E-state index in [2.05, 4.69) is 0 Å². The molecule has 0 aliphatic heterocycles. The van der Waals surface area contributed by atoms with Crippen molar-refractivity contribution in [2.75, 3.05) is 0 Å². The Labute approximate surface area is 68.8 Å². The first-order valence-electron chi connectivity index (χ1n) is 0. The van der Waals surface area contributed by atoms with Gasteiger partial charge in [0.15, 0.2) is 0 Å². The van der Waals surface area contributed by atoms with Crippen LogP contribution >= 0.6 is 39.6 Å². The van der Waals surface area contributed by atoms with Gasteiger partial charge in [0, 0.05) is 29.6 Å². The maximum Gasteiger partial charge on any atom is 0 e. The van der Waals surface area contributed by atoms with Gasteiger partial charge in [-0.15, -0.1) is 0 Å². The van der Waals surface area contributed by atoms with Crippen molar-refractivity contribution in [2.45, 2.75) is 0 Å². The van der Waals surface area contributed by atoms with Crippen molar-refractivity contribution < 1.29 is 0 Å². The monoisotopic (exact) mass is 159 g/mol. The number of rotatable bonds is 0. The van der Waals surface area contributed by atoms with Gasteiger partial charge >= 0.3 is 0 Å². The van der Waals surface area contributed by atoms with Crippen LogP contribution in [0.2, 0.25) is 0 Å². The second-order valence-corrected chi connectivity index (χ2v) is 0. The van der Waals surface area contributed by atoms with Gasteiger partial charge in [0.05, 0.1) is 0 Å². The molecule has 0 aromatic carbocycles. The van der Waals surface area contributed by atoms with Crippen molar-refractivity contribution >= 4 is 69.2 Å². The molecule has 33 valence electrons. The summed E-state index contributed by atoms with van der Waals surface area (Å²) in [6, 6.07) is 0. The SMILES string of the molecule is P.P.P.P.[Na].